The van der Waals surface area contributed by atoms with Crippen LogP contribution < -0.4 is 0 Å². The Morgan fingerprint density at radius 2 is 1.94 bits per heavy atom. The molecule has 0 spiro atoms. The van der Waals surface area contributed by atoms with Crippen LogP contribution in [0, 0.1) is 17.6 Å². The highest BCUT2D eigenvalue weighted by Gasteiger charge is 2.23. The van der Waals surface area contributed by atoms with Gasteiger partial charge in [-0.3, -0.25) is 4.79 Å². The summed E-state index contributed by atoms with van der Waals surface area (Å²) in [5.41, 5.74) is 0.640. The molecule has 0 aliphatic heterocycles. The van der Waals surface area contributed by atoms with Gasteiger partial charge in [0.2, 0.25) is 0 Å². The second-order valence-electron chi connectivity index (χ2n) is 4.32. The first kappa shape index (κ1) is 12.5. The molecular formula is C12H12F2N2O2. The fraction of sp³-hybridized carbons (Fsp3) is 0.333. The molecule has 0 bridgehead atoms. The van der Waals surface area contributed by atoms with Gasteiger partial charge in [0.25, 0.3) is 0 Å². The Hall–Kier alpha value is -1.98. The van der Waals surface area contributed by atoms with E-state index >= 15 is 0 Å². The molecule has 4 nitrogen and oxygen atoms in total. The van der Waals surface area contributed by atoms with E-state index in [4.69, 9.17) is 5.11 Å². The molecule has 2 aromatic rings. The summed E-state index contributed by atoms with van der Waals surface area (Å²) in [4.78, 5) is 17.8. The van der Waals surface area contributed by atoms with Gasteiger partial charge >= 0.3 is 5.97 Å². The molecule has 0 aliphatic carbocycles. The third-order valence-electron chi connectivity index (χ3n) is 3.11. The van der Waals surface area contributed by atoms with E-state index < -0.39 is 23.5 Å². The number of benzene rings is 1. The maximum Gasteiger partial charge on any atom is 0.306 e. The number of halogens is 2. The Morgan fingerprint density at radius 1 is 1.33 bits per heavy atom. The second kappa shape index (κ2) is 4.36. The summed E-state index contributed by atoms with van der Waals surface area (Å²) >= 11 is 0. The van der Waals surface area contributed by atoms with Gasteiger partial charge < -0.3 is 10.1 Å². The minimum Gasteiger partial charge on any atom is -0.481 e. The summed E-state index contributed by atoms with van der Waals surface area (Å²) < 4.78 is 26.1. The molecule has 18 heavy (non-hydrogen) atoms. The van der Waals surface area contributed by atoms with Gasteiger partial charge in [-0.25, -0.2) is 13.8 Å². The van der Waals surface area contributed by atoms with E-state index in [2.05, 4.69) is 9.97 Å². The van der Waals surface area contributed by atoms with E-state index in [9.17, 15) is 13.6 Å². The Morgan fingerprint density at radius 3 is 2.56 bits per heavy atom. The molecule has 96 valence electrons. The fourth-order valence-corrected chi connectivity index (χ4v) is 1.69. The number of hydrogen-bond donors (Lipinski definition) is 2. The minimum atomic E-state index is -0.973. The van der Waals surface area contributed by atoms with Crippen LogP contribution in [0.5, 0.6) is 0 Å². The van der Waals surface area contributed by atoms with Crippen molar-refractivity contribution < 1.29 is 18.7 Å². The fourth-order valence-electron chi connectivity index (χ4n) is 1.69. The third kappa shape index (κ3) is 2.05. The molecule has 2 atom stereocenters. The van der Waals surface area contributed by atoms with Crippen molar-refractivity contribution in [3.8, 4) is 0 Å². The Bertz CT molecular complexity index is 570. The molecule has 1 heterocycles. The number of fused-ring (bicyclic) bond motifs is 1. The van der Waals surface area contributed by atoms with Crippen LogP contribution in [0.4, 0.5) is 8.78 Å². The Kier molecular flexibility index (Phi) is 3.02. The van der Waals surface area contributed by atoms with E-state index in [-0.39, 0.29) is 11.4 Å². The number of rotatable bonds is 3. The van der Waals surface area contributed by atoms with Gasteiger partial charge in [-0.1, -0.05) is 13.8 Å². The van der Waals surface area contributed by atoms with E-state index in [0.717, 1.165) is 12.1 Å². The molecule has 6 heteroatoms. The maximum absolute atomic E-state index is 13.0. The first-order valence-electron chi connectivity index (χ1n) is 5.47. The van der Waals surface area contributed by atoms with Gasteiger partial charge in [0.1, 0.15) is 5.82 Å². The standard InChI is InChI=1S/C12H12F2N2O2/c1-5(6(2)12(17)18)11-15-9-3-7(13)8(14)4-10(9)16-11/h3-6H,1-2H3,(H,15,16)(H,17,18). The molecule has 0 aliphatic rings. The van der Waals surface area contributed by atoms with Crippen molar-refractivity contribution in [2.24, 2.45) is 5.92 Å². The molecule has 1 aromatic heterocycles. The molecule has 2 rings (SSSR count). The van der Waals surface area contributed by atoms with Crippen LogP contribution in [0.2, 0.25) is 0 Å². The lowest BCUT2D eigenvalue weighted by atomic mass is 9.96. The lowest BCUT2D eigenvalue weighted by Gasteiger charge is -2.12. The van der Waals surface area contributed by atoms with Crippen LogP contribution in [0.3, 0.4) is 0 Å². The van der Waals surface area contributed by atoms with E-state index in [1.807, 2.05) is 0 Å². The maximum atomic E-state index is 13.0. The molecule has 0 amide bonds. The SMILES string of the molecule is CC(C(=O)O)C(C)c1nc2cc(F)c(F)cc2[nH]1. The van der Waals surface area contributed by atoms with Crippen molar-refractivity contribution >= 4 is 17.0 Å². The van der Waals surface area contributed by atoms with Crippen LogP contribution >= 0.6 is 0 Å². The predicted octanol–water partition coefficient (Wildman–Crippen LogP) is 2.67. The smallest absolute Gasteiger partial charge is 0.306 e. The summed E-state index contributed by atoms with van der Waals surface area (Å²) in [6.45, 7) is 3.25. The summed E-state index contributed by atoms with van der Waals surface area (Å²) in [7, 11) is 0. The van der Waals surface area contributed by atoms with Crippen LogP contribution in [0.1, 0.15) is 25.6 Å². The molecule has 0 saturated carbocycles. The number of imidazole rings is 1. The molecule has 2 unspecified atom stereocenters. The normalized spacial score (nSPS) is 14.7. The van der Waals surface area contributed by atoms with Gasteiger partial charge in [-0.15, -0.1) is 0 Å². The highest BCUT2D eigenvalue weighted by atomic mass is 19.2. The summed E-state index contributed by atoms with van der Waals surface area (Å²) in [6.07, 6.45) is 0. The number of H-pyrrole nitrogens is 1. The highest BCUT2D eigenvalue weighted by Crippen LogP contribution is 2.25. The largest absolute Gasteiger partial charge is 0.481 e. The number of carboxylic acid groups (broad SMARTS) is 1. The van der Waals surface area contributed by atoms with Gasteiger partial charge in [0.15, 0.2) is 11.6 Å². The number of nitrogens with zero attached hydrogens (tertiary/aromatic N) is 1. The number of aliphatic carboxylic acids is 1. The molecule has 0 fully saturated rings. The summed E-state index contributed by atoms with van der Waals surface area (Å²) in [5.74, 6) is -3.48. The lowest BCUT2D eigenvalue weighted by molar-refractivity contribution is -0.141. The second-order valence-corrected chi connectivity index (χ2v) is 4.32. The summed E-state index contributed by atoms with van der Waals surface area (Å²) in [5, 5.41) is 8.92. The zero-order chi connectivity index (χ0) is 13.4. The van der Waals surface area contributed by atoms with E-state index in [1.54, 1.807) is 13.8 Å². The topological polar surface area (TPSA) is 66.0 Å². The minimum absolute atomic E-state index is 0.285. The number of hydrogen-bond acceptors (Lipinski definition) is 2. The van der Waals surface area contributed by atoms with Crippen molar-refractivity contribution in [2.45, 2.75) is 19.8 Å². The lowest BCUT2D eigenvalue weighted by Crippen LogP contribution is -2.17. The number of carbonyl (C=O) groups is 1. The van der Waals surface area contributed by atoms with Crippen molar-refractivity contribution in [1.29, 1.82) is 0 Å². The van der Waals surface area contributed by atoms with Crippen molar-refractivity contribution in [3.63, 3.8) is 0 Å². The number of nitrogens with one attached hydrogen (secondary N) is 1. The number of aromatic nitrogens is 2. The van der Waals surface area contributed by atoms with Gasteiger partial charge in [0, 0.05) is 18.1 Å². The molecule has 1 aromatic carbocycles. The van der Waals surface area contributed by atoms with Crippen molar-refractivity contribution in [2.75, 3.05) is 0 Å². The first-order chi connectivity index (χ1) is 8.40. The highest BCUT2D eigenvalue weighted by molar-refractivity contribution is 5.76. The number of carboxylic acids is 1. The van der Waals surface area contributed by atoms with E-state index in [0.29, 0.717) is 11.3 Å². The monoisotopic (exact) mass is 254 g/mol. The van der Waals surface area contributed by atoms with Crippen LogP contribution in [0.15, 0.2) is 12.1 Å². The van der Waals surface area contributed by atoms with Crippen molar-refractivity contribution in [3.05, 3.63) is 29.6 Å². The molecule has 2 N–H and O–H groups in total. The average Bonchev–Trinajstić information content (AvgIpc) is 2.70. The third-order valence-corrected chi connectivity index (χ3v) is 3.11. The van der Waals surface area contributed by atoms with Crippen molar-refractivity contribution in [1.82, 2.24) is 9.97 Å². The van der Waals surface area contributed by atoms with Gasteiger partial charge in [-0.05, 0) is 0 Å². The van der Waals surface area contributed by atoms with Crippen LogP contribution in [-0.2, 0) is 4.79 Å². The Balaban J connectivity index is 2.44. The van der Waals surface area contributed by atoms with Gasteiger partial charge in [-0.2, -0.15) is 0 Å². The molecule has 0 radical (unpaired) electrons. The zero-order valence-electron chi connectivity index (χ0n) is 9.87. The average molecular weight is 254 g/mol. The van der Waals surface area contributed by atoms with Gasteiger partial charge in [0.05, 0.1) is 17.0 Å². The van der Waals surface area contributed by atoms with Crippen LogP contribution in [0.25, 0.3) is 11.0 Å². The quantitative estimate of drug-likeness (QED) is 0.884. The molecular weight excluding hydrogens is 242 g/mol. The zero-order valence-corrected chi connectivity index (χ0v) is 9.87. The predicted molar refractivity (Wildman–Crippen MR) is 61.2 cm³/mol. The summed E-state index contributed by atoms with van der Waals surface area (Å²) in [6, 6.07) is 2.00. The van der Waals surface area contributed by atoms with Crippen LogP contribution in [-0.4, -0.2) is 21.0 Å². The van der Waals surface area contributed by atoms with E-state index in [1.165, 1.54) is 0 Å². The number of aromatic amines is 1. The Labute approximate surface area is 102 Å². The molecule has 0 saturated heterocycles. The first-order valence-corrected chi connectivity index (χ1v) is 5.47.